The van der Waals surface area contributed by atoms with Gasteiger partial charge in [-0.25, -0.2) is 0 Å². The second-order valence-corrected chi connectivity index (χ2v) is 5.26. The van der Waals surface area contributed by atoms with Crippen molar-refractivity contribution in [1.29, 1.82) is 0 Å². The SMILES string of the molecule is CN1C2CCC1C1CC(C(=O)O)NC1C2. The number of piperidine rings is 1. The first kappa shape index (κ1) is 9.60. The highest BCUT2D eigenvalue weighted by molar-refractivity contribution is 5.74. The Kier molecular flexibility index (Phi) is 2.04. The predicted octanol–water partition coefficient (Wildman–Crippen LogP) is 0.284. The number of rotatable bonds is 1. The first-order chi connectivity index (χ1) is 7.16. The molecule has 0 aromatic heterocycles. The van der Waals surface area contributed by atoms with E-state index in [9.17, 15) is 4.79 Å². The van der Waals surface area contributed by atoms with E-state index in [4.69, 9.17) is 5.11 Å². The van der Waals surface area contributed by atoms with Gasteiger partial charge in [-0.15, -0.1) is 0 Å². The maximum absolute atomic E-state index is 11.0. The van der Waals surface area contributed by atoms with Crippen LogP contribution in [0.15, 0.2) is 0 Å². The molecule has 5 atom stereocenters. The zero-order valence-corrected chi connectivity index (χ0v) is 9.02. The number of hydrogen-bond acceptors (Lipinski definition) is 3. The third-order valence-electron chi connectivity index (χ3n) is 4.65. The summed E-state index contributed by atoms with van der Waals surface area (Å²) in [5.41, 5.74) is 0. The van der Waals surface area contributed by atoms with Crippen LogP contribution in [-0.4, -0.2) is 47.2 Å². The number of fused-ring (bicyclic) bond motifs is 4. The third-order valence-corrected chi connectivity index (χ3v) is 4.65. The van der Waals surface area contributed by atoms with Gasteiger partial charge in [-0.05, 0) is 38.6 Å². The monoisotopic (exact) mass is 210 g/mol. The molecule has 0 spiro atoms. The van der Waals surface area contributed by atoms with Gasteiger partial charge >= 0.3 is 5.97 Å². The molecule has 0 amide bonds. The predicted molar refractivity (Wildman–Crippen MR) is 55.6 cm³/mol. The van der Waals surface area contributed by atoms with Gasteiger partial charge in [0.05, 0.1) is 0 Å². The van der Waals surface area contributed by atoms with Crippen LogP contribution in [0.25, 0.3) is 0 Å². The van der Waals surface area contributed by atoms with Gasteiger partial charge in [0.25, 0.3) is 0 Å². The van der Waals surface area contributed by atoms with Crippen molar-refractivity contribution in [1.82, 2.24) is 10.2 Å². The molecule has 3 aliphatic rings. The average molecular weight is 210 g/mol. The number of aliphatic carboxylic acids is 1. The Hall–Kier alpha value is -0.610. The molecular formula is C11H18N2O2. The maximum Gasteiger partial charge on any atom is 0.320 e. The second-order valence-electron chi connectivity index (χ2n) is 5.26. The summed E-state index contributed by atoms with van der Waals surface area (Å²) >= 11 is 0. The fourth-order valence-corrected chi connectivity index (χ4v) is 3.86. The summed E-state index contributed by atoms with van der Waals surface area (Å²) in [6, 6.07) is 1.48. The summed E-state index contributed by atoms with van der Waals surface area (Å²) in [5, 5.41) is 12.3. The van der Waals surface area contributed by atoms with E-state index in [1.807, 2.05) is 0 Å². The molecule has 3 heterocycles. The minimum absolute atomic E-state index is 0.298. The second kappa shape index (κ2) is 3.19. The lowest BCUT2D eigenvalue weighted by molar-refractivity contribution is -0.139. The molecule has 0 aromatic carbocycles. The normalized spacial score (nSPS) is 49.3. The molecule has 3 rings (SSSR count). The van der Waals surface area contributed by atoms with Crippen molar-refractivity contribution in [2.24, 2.45) is 5.92 Å². The van der Waals surface area contributed by atoms with E-state index < -0.39 is 5.97 Å². The molecule has 0 aliphatic carbocycles. The molecule has 5 unspecified atom stereocenters. The first-order valence-corrected chi connectivity index (χ1v) is 5.87. The summed E-state index contributed by atoms with van der Waals surface area (Å²) in [7, 11) is 2.20. The topological polar surface area (TPSA) is 52.6 Å². The molecule has 15 heavy (non-hydrogen) atoms. The molecular weight excluding hydrogens is 192 g/mol. The summed E-state index contributed by atoms with van der Waals surface area (Å²) in [6.07, 6.45) is 4.52. The number of carbonyl (C=O) groups is 1. The number of carboxylic acids is 1. The molecule has 4 heteroatoms. The Bertz CT molecular complexity index is 294. The zero-order chi connectivity index (χ0) is 10.6. The number of carboxylic acid groups (broad SMARTS) is 1. The summed E-state index contributed by atoms with van der Waals surface area (Å²) < 4.78 is 0. The Labute approximate surface area is 89.6 Å². The molecule has 3 aliphatic heterocycles. The van der Waals surface area contributed by atoms with E-state index in [0.29, 0.717) is 24.0 Å². The highest BCUT2D eigenvalue weighted by Crippen LogP contribution is 2.42. The van der Waals surface area contributed by atoms with Crippen molar-refractivity contribution >= 4 is 5.97 Å². The maximum atomic E-state index is 11.0. The highest BCUT2D eigenvalue weighted by Gasteiger charge is 2.50. The minimum atomic E-state index is -0.678. The lowest BCUT2D eigenvalue weighted by atomic mass is 9.86. The Morgan fingerprint density at radius 1 is 1.40 bits per heavy atom. The Morgan fingerprint density at radius 3 is 2.93 bits per heavy atom. The largest absolute Gasteiger partial charge is 0.480 e. The van der Waals surface area contributed by atoms with Crippen LogP contribution in [0.2, 0.25) is 0 Å². The fraction of sp³-hybridized carbons (Fsp3) is 0.909. The summed E-state index contributed by atoms with van der Waals surface area (Å²) in [6.45, 7) is 0. The third kappa shape index (κ3) is 1.31. The Balaban J connectivity index is 1.80. The van der Waals surface area contributed by atoms with Crippen LogP contribution in [0.5, 0.6) is 0 Å². The van der Waals surface area contributed by atoms with Crippen molar-refractivity contribution in [3.63, 3.8) is 0 Å². The van der Waals surface area contributed by atoms with Crippen molar-refractivity contribution in [2.45, 2.75) is 49.9 Å². The van der Waals surface area contributed by atoms with Gasteiger partial charge in [0, 0.05) is 18.1 Å². The molecule has 3 saturated heterocycles. The van der Waals surface area contributed by atoms with Crippen molar-refractivity contribution < 1.29 is 9.90 Å². The smallest absolute Gasteiger partial charge is 0.320 e. The fourth-order valence-electron chi connectivity index (χ4n) is 3.86. The van der Waals surface area contributed by atoms with Gasteiger partial charge in [-0.1, -0.05) is 0 Å². The number of hydrogen-bond donors (Lipinski definition) is 2. The van der Waals surface area contributed by atoms with Crippen LogP contribution in [0.4, 0.5) is 0 Å². The van der Waals surface area contributed by atoms with E-state index in [1.54, 1.807) is 0 Å². The zero-order valence-electron chi connectivity index (χ0n) is 9.02. The van der Waals surface area contributed by atoms with Gasteiger partial charge < -0.3 is 15.3 Å². The van der Waals surface area contributed by atoms with Crippen LogP contribution in [0, 0.1) is 5.92 Å². The lowest BCUT2D eigenvalue weighted by Crippen LogP contribution is -2.50. The molecule has 4 nitrogen and oxygen atoms in total. The van der Waals surface area contributed by atoms with Gasteiger partial charge in [-0.3, -0.25) is 4.79 Å². The molecule has 84 valence electrons. The quantitative estimate of drug-likeness (QED) is 0.653. The van der Waals surface area contributed by atoms with Gasteiger partial charge in [0.15, 0.2) is 0 Å². The van der Waals surface area contributed by atoms with Crippen LogP contribution < -0.4 is 5.32 Å². The molecule has 2 N–H and O–H groups in total. The molecule has 0 saturated carbocycles. The minimum Gasteiger partial charge on any atom is -0.480 e. The van der Waals surface area contributed by atoms with Gasteiger partial charge in [0.1, 0.15) is 6.04 Å². The number of nitrogens with one attached hydrogen (secondary N) is 1. The van der Waals surface area contributed by atoms with E-state index in [0.717, 1.165) is 12.8 Å². The molecule has 2 bridgehead atoms. The first-order valence-electron chi connectivity index (χ1n) is 5.87. The molecule has 0 aromatic rings. The van der Waals surface area contributed by atoms with Gasteiger partial charge in [-0.2, -0.15) is 0 Å². The standard InChI is InChI=1S/C11H18N2O2/c1-13-6-2-3-10(13)7-5-9(11(14)15)12-8(7)4-6/h6-10,12H,2-5H2,1H3,(H,14,15). The summed E-state index contributed by atoms with van der Waals surface area (Å²) in [5.74, 6) is -0.113. The average Bonchev–Trinajstić information content (AvgIpc) is 2.70. The number of nitrogens with zero attached hydrogens (tertiary/aromatic N) is 1. The lowest BCUT2D eigenvalue weighted by Gasteiger charge is -2.39. The van der Waals surface area contributed by atoms with E-state index in [1.165, 1.54) is 12.8 Å². The van der Waals surface area contributed by atoms with Crippen LogP contribution >= 0.6 is 0 Å². The molecule has 0 radical (unpaired) electrons. The Morgan fingerprint density at radius 2 is 2.20 bits per heavy atom. The highest BCUT2D eigenvalue weighted by atomic mass is 16.4. The van der Waals surface area contributed by atoms with E-state index >= 15 is 0 Å². The van der Waals surface area contributed by atoms with Crippen molar-refractivity contribution in [3.05, 3.63) is 0 Å². The van der Waals surface area contributed by atoms with E-state index in [-0.39, 0.29) is 6.04 Å². The van der Waals surface area contributed by atoms with Crippen LogP contribution in [0.3, 0.4) is 0 Å². The van der Waals surface area contributed by atoms with Gasteiger partial charge in [0.2, 0.25) is 0 Å². The summed E-state index contributed by atoms with van der Waals surface area (Å²) in [4.78, 5) is 13.4. The molecule has 3 fully saturated rings. The van der Waals surface area contributed by atoms with Crippen LogP contribution in [0.1, 0.15) is 25.7 Å². The van der Waals surface area contributed by atoms with Crippen molar-refractivity contribution in [3.8, 4) is 0 Å². The van der Waals surface area contributed by atoms with E-state index in [2.05, 4.69) is 17.3 Å². The van der Waals surface area contributed by atoms with Crippen LogP contribution in [-0.2, 0) is 4.79 Å². The van der Waals surface area contributed by atoms with Crippen molar-refractivity contribution in [2.75, 3.05) is 7.05 Å².